The van der Waals surface area contributed by atoms with Crippen molar-refractivity contribution in [3.05, 3.63) is 89.0 Å². The number of aryl methyl sites for hydroxylation is 1. The highest BCUT2D eigenvalue weighted by Gasteiger charge is 2.10. The van der Waals surface area contributed by atoms with Crippen LogP contribution < -0.4 is 10.1 Å². The Hall–Kier alpha value is -3.51. The summed E-state index contributed by atoms with van der Waals surface area (Å²) in [6, 6.07) is 15.7. The number of hydrogen-bond acceptors (Lipinski definition) is 4. The Morgan fingerprint density at radius 1 is 1.03 bits per heavy atom. The average Bonchev–Trinajstić information content (AvgIpc) is 2.67. The quantitative estimate of drug-likeness (QED) is 0.466. The van der Waals surface area contributed by atoms with Crippen LogP contribution in [0.1, 0.15) is 16.1 Å². The minimum atomic E-state index is -0.541. The summed E-state index contributed by atoms with van der Waals surface area (Å²) in [7, 11) is 0. The van der Waals surface area contributed by atoms with Gasteiger partial charge >= 0.3 is 0 Å². The number of carbonyl (C=O) groups excluding carboxylic acids is 1. The molecule has 0 aliphatic rings. The van der Waals surface area contributed by atoms with Crippen LogP contribution in [0.2, 0.25) is 5.02 Å². The summed E-state index contributed by atoms with van der Waals surface area (Å²) in [6.45, 7) is 1.85. The molecule has 0 radical (unpaired) electrons. The summed E-state index contributed by atoms with van der Waals surface area (Å²) in [6.07, 6.45) is 1.68. The monoisotopic (exact) mass is 407 g/mol. The van der Waals surface area contributed by atoms with Crippen molar-refractivity contribution in [2.24, 2.45) is 0 Å². The first-order valence-electron chi connectivity index (χ1n) is 8.75. The lowest BCUT2D eigenvalue weighted by molar-refractivity contribution is 0.102. The molecule has 4 aromatic rings. The number of fused-ring (bicyclic) bond motifs is 1. The number of halogens is 2. The van der Waals surface area contributed by atoms with Gasteiger partial charge in [0, 0.05) is 40.7 Å². The van der Waals surface area contributed by atoms with Crippen LogP contribution in [0.15, 0.2) is 66.9 Å². The first-order valence-corrected chi connectivity index (χ1v) is 9.13. The molecule has 29 heavy (non-hydrogen) atoms. The van der Waals surface area contributed by atoms with Gasteiger partial charge in [0.25, 0.3) is 5.91 Å². The van der Waals surface area contributed by atoms with E-state index in [0.29, 0.717) is 21.9 Å². The molecule has 0 aliphatic carbocycles. The third-order valence-electron chi connectivity index (χ3n) is 4.09. The van der Waals surface area contributed by atoms with Gasteiger partial charge in [0.05, 0.1) is 16.7 Å². The number of hydrogen-bond donors (Lipinski definition) is 1. The molecule has 1 aromatic heterocycles. The summed E-state index contributed by atoms with van der Waals surface area (Å²) in [4.78, 5) is 21.1. The highest BCUT2D eigenvalue weighted by molar-refractivity contribution is 6.31. The lowest BCUT2D eigenvalue weighted by Crippen LogP contribution is -2.12. The predicted octanol–water partition coefficient (Wildman–Crippen LogP) is 5.78. The van der Waals surface area contributed by atoms with Crippen LogP contribution in [-0.4, -0.2) is 15.9 Å². The number of aromatic nitrogens is 2. The molecule has 0 spiro atoms. The molecule has 4 rings (SSSR count). The lowest BCUT2D eigenvalue weighted by atomic mass is 10.2. The fourth-order valence-corrected chi connectivity index (χ4v) is 3.00. The average molecular weight is 408 g/mol. The van der Waals surface area contributed by atoms with Gasteiger partial charge in [-0.1, -0.05) is 17.7 Å². The van der Waals surface area contributed by atoms with Crippen LogP contribution in [0.25, 0.3) is 11.0 Å². The Labute approximate surface area is 171 Å². The van der Waals surface area contributed by atoms with Gasteiger partial charge in [-0.15, -0.1) is 0 Å². The van der Waals surface area contributed by atoms with Crippen molar-refractivity contribution in [2.45, 2.75) is 6.92 Å². The Kier molecular flexibility index (Phi) is 5.10. The zero-order valence-electron chi connectivity index (χ0n) is 15.3. The van der Waals surface area contributed by atoms with Crippen molar-refractivity contribution in [1.29, 1.82) is 0 Å². The van der Waals surface area contributed by atoms with Gasteiger partial charge in [-0.2, -0.15) is 0 Å². The second-order valence-electron chi connectivity index (χ2n) is 6.40. The van der Waals surface area contributed by atoms with Gasteiger partial charge in [0.15, 0.2) is 0 Å². The minimum absolute atomic E-state index is 0.242. The summed E-state index contributed by atoms with van der Waals surface area (Å²) >= 11 is 5.91. The Bertz CT molecular complexity index is 1230. The fraction of sp³-hybridized carbons (Fsp3) is 0.0455. The van der Waals surface area contributed by atoms with Gasteiger partial charge in [-0.25, -0.2) is 9.37 Å². The Morgan fingerprint density at radius 2 is 1.90 bits per heavy atom. The predicted molar refractivity (Wildman–Crippen MR) is 110 cm³/mol. The van der Waals surface area contributed by atoms with E-state index in [9.17, 15) is 9.18 Å². The van der Waals surface area contributed by atoms with E-state index in [1.54, 1.807) is 42.6 Å². The summed E-state index contributed by atoms with van der Waals surface area (Å²) in [5.74, 6) is -0.220. The van der Waals surface area contributed by atoms with Crippen LogP contribution in [-0.2, 0) is 0 Å². The van der Waals surface area contributed by atoms with Crippen LogP contribution in [0.3, 0.4) is 0 Å². The minimum Gasteiger partial charge on any atom is -0.457 e. The molecular weight excluding hydrogens is 393 g/mol. The first-order chi connectivity index (χ1) is 14.0. The second kappa shape index (κ2) is 7.85. The Balaban J connectivity index is 1.57. The summed E-state index contributed by atoms with van der Waals surface area (Å²) in [5, 5.41) is 3.09. The number of carbonyl (C=O) groups is 1. The molecule has 0 aliphatic heterocycles. The van der Waals surface area contributed by atoms with Crippen molar-refractivity contribution in [3.63, 3.8) is 0 Å². The number of ether oxygens (including phenoxy) is 1. The highest BCUT2D eigenvalue weighted by atomic mass is 35.5. The standard InChI is InChI=1S/C22H15ClFN3O2/c1-13-12-25-20-6-5-18(11-21(20)26-13)29-19-9-16(24)8-17(10-19)27-22(28)14-3-2-4-15(23)7-14/h2-12H,1H3,(H,27,28). The largest absolute Gasteiger partial charge is 0.457 e. The third kappa shape index (κ3) is 4.50. The smallest absolute Gasteiger partial charge is 0.255 e. The zero-order chi connectivity index (χ0) is 20.4. The number of nitrogens with one attached hydrogen (secondary N) is 1. The maximum Gasteiger partial charge on any atom is 0.255 e. The third-order valence-corrected chi connectivity index (χ3v) is 4.32. The van der Waals surface area contributed by atoms with E-state index < -0.39 is 11.7 Å². The molecule has 5 nitrogen and oxygen atoms in total. The van der Waals surface area contributed by atoms with E-state index in [2.05, 4.69) is 15.3 Å². The van der Waals surface area contributed by atoms with Crippen molar-refractivity contribution < 1.29 is 13.9 Å². The normalized spacial score (nSPS) is 10.7. The fourth-order valence-electron chi connectivity index (χ4n) is 2.81. The number of rotatable bonds is 4. The van der Waals surface area contributed by atoms with E-state index in [1.165, 1.54) is 24.3 Å². The van der Waals surface area contributed by atoms with E-state index >= 15 is 0 Å². The highest BCUT2D eigenvalue weighted by Crippen LogP contribution is 2.28. The van der Waals surface area contributed by atoms with E-state index in [0.717, 1.165) is 11.2 Å². The topological polar surface area (TPSA) is 64.1 Å². The van der Waals surface area contributed by atoms with E-state index in [4.69, 9.17) is 16.3 Å². The molecule has 144 valence electrons. The maximum absolute atomic E-state index is 14.1. The molecule has 0 atom stereocenters. The van der Waals surface area contributed by atoms with Gasteiger partial charge in [0.2, 0.25) is 0 Å². The molecule has 0 unspecified atom stereocenters. The van der Waals surface area contributed by atoms with Crippen molar-refractivity contribution >= 4 is 34.2 Å². The van der Waals surface area contributed by atoms with Crippen LogP contribution in [0.4, 0.5) is 10.1 Å². The van der Waals surface area contributed by atoms with Crippen LogP contribution >= 0.6 is 11.6 Å². The number of amides is 1. The molecule has 0 saturated heterocycles. The first kappa shape index (κ1) is 18.8. The number of nitrogens with zero attached hydrogens (tertiary/aromatic N) is 2. The van der Waals surface area contributed by atoms with Crippen LogP contribution in [0.5, 0.6) is 11.5 Å². The SMILES string of the molecule is Cc1cnc2ccc(Oc3cc(F)cc(NC(=O)c4cccc(Cl)c4)c3)cc2n1. The molecule has 7 heteroatoms. The van der Waals surface area contributed by atoms with Crippen LogP contribution in [0, 0.1) is 12.7 Å². The molecule has 1 amide bonds. The Morgan fingerprint density at radius 3 is 2.72 bits per heavy atom. The maximum atomic E-state index is 14.1. The lowest BCUT2D eigenvalue weighted by Gasteiger charge is -2.10. The molecule has 0 bridgehead atoms. The number of benzene rings is 3. The zero-order valence-corrected chi connectivity index (χ0v) is 16.1. The summed E-state index contributed by atoms with van der Waals surface area (Å²) < 4.78 is 19.9. The molecule has 0 fully saturated rings. The van der Waals surface area contributed by atoms with Gasteiger partial charge in [0.1, 0.15) is 17.3 Å². The van der Waals surface area contributed by atoms with Gasteiger partial charge in [-0.05, 0) is 43.3 Å². The van der Waals surface area contributed by atoms with Crippen molar-refractivity contribution in [2.75, 3.05) is 5.32 Å². The van der Waals surface area contributed by atoms with Gasteiger partial charge in [-0.3, -0.25) is 9.78 Å². The molecular formula is C22H15ClFN3O2. The summed E-state index contributed by atoms with van der Waals surface area (Å²) in [5.41, 5.74) is 2.82. The molecule has 1 N–H and O–H groups in total. The molecule has 3 aromatic carbocycles. The second-order valence-corrected chi connectivity index (χ2v) is 6.84. The van der Waals surface area contributed by atoms with E-state index in [-0.39, 0.29) is 11.4 Å². The van der Waals surface area contributed by atoms with Gasteiger partial charge < -0.3 is 10.1 Å². The van der Waals surface area contributed by atoms with E-state index in [1.807, 2.05) is 6.92 Å². The molecule has 1 heterocycles. The number of anilines is 1. The van der Waals surface area contributed by atoms with Crippen molar-refractivity contribution in [3.8, 4) is 11.5 Å². The van der Waals surface area contributed by atoms with Crippen molar-refractivity contribution in [1.82, 2.24) is 9.97 Å². The molecule has 0 saturated carbocycles.